The lowest BCUT2D eigenvalue weighted by Gasteiger charge is -2.55. The van der Waals surface area contributed by atoms with Gasteiger partial charge in [0.2, 0.25) is 10.9 Å². The molecule has 2 aliphatic heterocycles. The summed E-state index contributed by atoms with van der Waals surface area (Å²) in [5.74, 6) is -1.25. The number of carboxylic acids is 1. The van der Waals surface area contributed by atoms with E-state index in [0.717, 1.165) is 0 Å². The number of aromatic nitrogens is 4. The molecule has 1 unspecified atom stereocenters. The Morgan fingerprint density at radius 1 is 1.54 bits per heavy atom. The molecule has 0 saturated carbocycles. The summed E-state index contributed by atoms with van der Waals surface area (Å²) in [7, 11) is 2.98. The second-order valence-corrected chi connectivity index (χ2v) is 11.7. The van der Waals surface area contributed by atoms with Gasteiger partial charge in [-0.05, 0) is 31.9 Å². The Balaban J connectivity index is 1.49. The first-order chi connectivity index (χ1) is 17.6. The second kappa shape index (κ2) is 11.0. The summed E-state index contributed by atoms with van der Waals surface area (Å²) in [4.78, 5) is 37.1. The van der Waals surface area contributed by atoms with Gasteiger partial charge in [0, 0.05) is 61.2 Å². The van der Waals surface area contributed by atoms with Crippen LogP contribution in [-0.4, -0.2) is 81.3 Å². The highest BCUT2D eigenvalue weighted by molar-refractivity contribution is 9.10. The van der Waals surface area contributed by atoms with Gasteiger partial charge >= 0.3 is 5.97 Å². The lowest BCUT2D eigenvalue weighted by molar-refractivity contribution is -0.385. The average Bonchev–Trinajstić information content (AvgIpc) is 3.28. The fraction of sp³-hybridized carbons (Fsp3) is 0.316. The number of tetrazole rings is 1. The van der Waals surface area contributed by atoms with Crippen LogP contribution < -0.4 is 5.32 Å². The molecule has 196 valence electrons. The summed E-state index contributed by atoms with van der Waals surface area (Å²) in [5, 5.41) is 35.9. The van der Waals surface area contributed by atoms with Crippen LogP contribution >= 0.6 is 39.5 Å². The second-order valence-electron chi connectivity index (χ2n) is 7.53. The smallest absolute Gasteiger partial charge is 0.352 e. The van der Waals surface area contributed by atoms with E-state index in [1.54, 1.807) is 7.05 Å². The fourth-order valence-corrected chi connectivity index (χ4v) is 7.71. The number of rotatable bonds is 10. The van der Waals surface area contributed by atoms with Crippen LogP contribution in [-0.2, 0) is 32.5 Å². The molecule has 3 heterocycles. The zero-order valence-electron chi connectivity index (χ0n) is 19.1. The van der Waals surface area contributed by atoms with E-state index >= 15 is 0 Å². The minimum absolute atomic E-state index is 0.117. The largest absolute Gasteiger partial charge is 0.607 e. The number of nitrogens with one attached hydrogen (secondary N) is 1. The van der Waals surface area contributed by atoms with E-state index < -0.39 is 39.1 Å². The number of aliphatic carboxylic acids is 1. The first kappa shape index (κ1) is 27.4. The van der Waals surface area contributed by atoms with E-state index in [9.17, 15) is 29.4 Å². The molecule has 2 aromatic rings. The number of nitrogens with zero attached hydrogens (tertiary/aromatic N) is 6. The van der Waals surface area contributed by atoms with Crippen LogP contribution in [0.4, 0.5) is 5.69 Å². The molecular formula is C19H18BrN7O7S3. The van der Waals surface area contributed by atoms with Crippen molar-refractivity contribution in [3.8, 4) is 0 Å². The first-order valence-electron chi connectivity index (χ1n) is 10.2. The topological polar surface area (TPSA) is 189 Å². The average molecular weight is 632 g/mol. The molecule has 4 rings (SSSR count). The summed E-state index contributed by atoms with van der Waals surface area (Å²) in [5.41, 5.74) is -1.30. The standard InChI is InChI=1S/C19H18BrN7O7S3/c1-25-18(22-23-24-25)36-9-10-8-35-17-19(34-2,16(30)26(17)14(10)15(28)29)21-5-6-37(33)13-4-3-11(27(31)32)7-12(13)20/h3-7,17,21H,8-9H2,1-2H3,(H,28,29)/t17-,19-,37?/m0/s1. The van der Waals surface area contributed by atoms with Gasteiger partial charge in [-0.2, -0.15) is 0 Å². The van der Waals surface area contributed by atoms with Crippen molar-refractivity contribution in [3.05, 3.63) is 55.7 Å². The van der Waals surface area contributed by atoms with Crippen LogP contribution in [0.5, 0.6) is 0 Å². The van der Waals surface area contributed by atoms with E-state index in [2.05, 4.69) is 36.8 Å². The fourth-order valence-electron chi connectivity index (χ4n) is 3.63. The zero-order chi connectivity index (χ0) is 26.9. The summed E-state index contributed by atoms with van der Waals surface area (Å²) in [6, 6.07) is 3.84. The van der Waals surface area contributed by atoms with Crippen LogP contribution in [0.1, 0.15) is 0 Å². The maximum atomic E-state index is 13.2. The zero-order valence-corrected chi connectivity index (χ0v) is 23.1. The molecule has 3 atom stereocenters. The molecule has 1 aromatic heterocycles. The van der Waals surface area contributed by atoms with Gasteiger partial charge in [-0.25, -0.2) is 9.48 Å². The van der Waals surface area contributed by atoms with Crippen molar-refractivity contribution in [2.45, 2.75) is 21.2 Å². The highest BCUT2D eigenvalue weighted by Crippen LogP contribution is 2.47. The van der Waals surface area contributed by atoms with Crippen molar-refractivity contribution < 1.29 is 28.9 Å². The molecule has 1 amide bonds. The molecule has 0 spiro atoms. The number of aryl methyl sites for hydroxylation is 1. The lowest BCUT2D eigenvalue weighted by atomic mass is 9.98. The summed E-state index contributed by atoms with van der Waals surface area (Å²) in [6.07, 6.45) is 1.29. The quantitative estimate of drug-likeness (QED) is 0.0957. The Kier molecular flexibility index (Phi) is 8.14. The Hall–Kier alpha value is -2.64. The van der Waals surface area contributed by atoms with Crippen molar-refractivity contribution in [2.24, 2.45) is 7.05 Å². The number of benzene rings is 1. The molecule has 2 aliphatic rings. The summed E-state index contributed by atoms with van der Waals surface area (Å²) >= 11 is 4.04. The monoisotopic (exact) mass is 631 g/mol. The SMILES string of the molecule is CO[C@@]1(NC=C[S+]([O-])c2ccc([N+](=O)[O-])cc2Br)C(=O)N2C(C(=O)O)=C(CSc3nnnn3C)CS[C@H]21. The van der Waals surface area contributed by atoms with Crippen LogP contribution in [0.25, 0.3) is 0 Å². The van der Waals surface area contributed by atoms with Crippen LogP contribution in [0.3, 0.4) is 0 Å². The number of carboxylic acid groups (broad SMARTS) is 1. The number of nitro groups is 1. The molecule has 2 N–H and O–H groups in total. The van der Waals surface area contributed by atoms with E-state index in [1.165, 1.54) is 70.0 Å². The maximum absolute atomic E-state index is 13.2. The molecule has 1 fully saturated rings. The molecule has 0 aliphatic carbocycles. The summed E-state index contributed by atoms with van der Waals surface area (Å²) < 4.78 is 20.0. The number of ether oxygens (including phenoxy) is 1. The van der Waals surface area contributed by atoms with Crippen molar-refractivity contribution >= 4 is 68.2 Å². The number of non-ortho nitro benzene ring substituents is 1. The third-order valence-corrected chi connectivity index (χ3v) is 9.99. The third-order valence-electron chi connectivity index (χ3n) is 5.42. The van der Waals surface area contributed by atoms with E-state index in [4.69, 9.17) is 4.74 Å². The van der Waals surface area contributed by atoms with Gasteiger partial charge in [-0.15, -0.1) is 16.9 Å². The molecule has 1 aromatic carbocycles. The minimum atomic E-state index is -1.72. The summed E-state index contributed by atoms with van der Waals surface area (Å²) in [6.45, 7) is 0. The number of nitro benzene ring substituents is 1. The number of hydrogen-bond donors (Lipinski definition) is 2. The normalized spacial score (nSPS) is 22.1. The Morgan fingerprint density at radius 2 is 2.30 bits per heavy atom. The molecule has 14 nitrogen and oxygen atoms in total. The number of carbonyl (C=O) groups excluding carboxylic acids is 1. The van der Waals surface area contributed by atoms with Crippen molar-refractivity contribution in [1.82, 2.24) is 30.4 Å². The molecular weight excluding hydrogens is 614 g/mol. The van der Waals surface area contributed by atoms with Crippen LogP contribution in [0.2, 0.25) is 0 Å². The lowest BCUT2D eigenvalue weighted by Crippen LogP contribution is -2.79. The van der Waals surface area contributed by atoms with Crippen molar-refractivity contribution in [1.29, 1.82) is 0 Å². The number of β-lactam (4-membered cyclic amide) rings is 1. The third kappa shape index (κ3) is 5.08. The van der Waals surface area contributed by atoms with Gasteiger partial charge in [-0.1, -0.05) is 11.8 Å². The van der Waals surface area contributed by atoms with Gasteiger partial charge in [0.15, 0.2) is 4.90 Å². The van der Waals surface area contributed by atoms with E-state index in [-0.39, 0.29) is 17.1 Å². The highest BCUT2D eigenvalue weighted by Gasteiger charge is 2.65. The van der Waals surface area contributed by atoms with Gasteiger partial charge in [0.05, 0.1) is 9.40 Å². The number of carbonyl (C=O) groups is 2. The molecule has 1 saturated heterocycles. The van der Waals surface area contributed by atoms with Crippen LogP contribution in [0, 0.1) is 10.1 Å². The van der Waals surface area contributed by atoms with Crippen molar-refractivity contribution in [2.75, 3.05) is 18.6 Å². The number of halogens is 1. The van der Waals surface area contributed by atoms with Gasteiger partial charge in [-0.3, -0.25) is 19.8 Å². The number of hydrogen-bond acceptors (Lipinski definition) is 12. The molecule has 0 radical (unpaired) electrons. The van der Waals surface area contributed by atoms with E-state index in [1.807, 2.05) is 0 Å². The van der Waals surface area contributed by atoms with Crippen molar-refractivity contribution in [3.63, 3.8) is 0 Å². The van der Waals surface area contributed by atoms with Crippen LogP contribution in [0.15, 0.2) is 55.6 Å². The molecule has 0 bridgehead atoms. The minimum Gasteiger partial charge on any atom is -0.607 e. The number of fused-ring (bicyclic) bond motifs is 1. The van der Waals surface area contributed by atoms with Gasteiger partial charge in [0.25, 0.3) is 11.6 Å². The maximum Gasteiger partial charge on any atom is 0.352 e. The van der Waals surface area contributed by atoms with Gasteiger partial charge < -0.3 is 19.7 Å². The number of amides is 1. The predicted molar refractivity (Wildman–Crippen MR) is 136 cm³/mol. The predicted octanol–water partition coefficient (Wildman–Crippen LogP) is 1.44. The highest BCUT2D eigenvalue weighted by atomic mass is 79.9. The Morgan fingerprint density at radius 3 is 2.89 bits per heavy atom. The molecule has 37 heavy (non-hydrogen) atoms. The number of methoxy groups -OCH3 is 1. The van der Waals surface area contributed by atoms with Gasteiger partial charge in [0.1, 0.15) is 16.5 Å². The Bertz CT molecular complexity index is 1320. The van der Waals surface area contributed by atoms with E-state index in [0.29, 0.717) is 25.9 Å². The molecule has 18 heteroatoms. The first-order valence-corrected chi connectivity index (χ1v) is 14.2. The number of thioether (sulfide) groups is 2. The Labute approximate surface area is 229 Å².